The van der Waals surface area contributed by atoms with Crippen molar-refractivity contribution in [2.75, 3.05) is 16.8 Å². The first-order valence-electron chi connectivity index (χ1n) is 7.14. The second kappa shape index (κ2) is 7.23. The predicted molar refractivity (Wildman–Crippen MR) is 89.0 cm³/mol. The molecule has 0 saturated heterocycles. The summed E-state index contributed by atoms with van der Waals surface area (Å²) in [6.07, 6.45) is 0. The molecule has 0 atom stereocenters. The zero-order valence-electron chi connectivity index (χ0n) is 13.0. The summed E-state index contributed by atoms with van der Waals surface area (Å²) in [7, 11) is 0. The van der Waals surface area contributed by atoms with Gasteiger partial charge in [0.2, 0.25) is 11.8 Å². The molecule has 0 heterocycles. The van der Waals surface area contributed by atoms with E-state index in [2.05, 4.69) is 5.32 Å². The van der Waals surface area contributed by atoms with Gasteiger partial charge in [-0.2, -0.15) is 5.26 Å². The van der Waals surface area contributed by atoms with Crippen LogP contribution in [-0.2, 0) is 9.59 Å². The number of amides is 2. The Bertz CT molecular complexity index is 743. The summed E-state index contributed by atoms with van der Waals surface area (Å²) >= 11 is 0. The van der Waals surface area contributed by atoms with Crippen molar-refractivity contribution in [2.24, 2.45) is 0 Å². The molecule has 0 spiro atoms. The highest BCUT2D eigenvalue weighted by Crippen LogP contribution is 2.16. The van der Waals surface area contributed by atoms with Crippen molar-refractivity contribution < 1.29 is 9.59 Å². The summed E-state index contributed by atoms with van der Waals surface area (Å²) in [5.74, 6) is -0.505. The predicted octanol–water partition coefficient (Wildman–Crippen LogP) is 2.86. The summed E-state index contributed by atoms with van der Waals surface area (Å²) in [5.41, 5.74) is 2.87. The molecule has 0 aliphatic rings. The van der Waals surface area contributed by atoms with E-state index in [1.165, 1.54) is 11.8 Å². The van der Waals surface area contributed by atoms with Crippen molar-refractivity contribution >= 4 is 23.2 Å². The minimum atomic E-state index is -0.300. The van der Waals surface area contributed by atoms with Crippen LogP contribution < -0.4 is 10.2 Å². The summed E-state index contributed by atoms with van der Waals surface area (Å²) in [6.45, 7) is 3.31. The van der Waals surface area contributed by atoms with E-state index in [1.807, 2.05) is 37.3 Å². The smallest absolute Gasteiger partial charge is 0.244 e. The first-order valence-corrected chi connectivity index (χ1v) is 7.14. The van der Waals surface area contributed by atoms with Gasteiger partial charge in [-0.15, -0.1) is 0 Å². The standard InChI is InChI=1S/C18H17N3O2/c1-13-3-9-17(10-4-13)21(14(2)22)12-18(23)20-16-7-5-15(11-19)6-8-16/h3-10H,12H2,1-2H3,(H,20,23). The van der Waals surface area contributed by atoms with Gasteiger partial charge in [0.15, 0.2) is 0 Å². The second-order valence-corrected chi connectivity index (χ2v) is 5.18. The molecule has 2 rings (SSSR count). The van der Waals surface area contributed by atoms with Crippen LogP contribution in [0.2, 0.25) is 0 Å². The molecule has 0 unspecified atom stereocenters. The van der Waals surface area contributed by atoms with Crippen molar-refractivity contribution in [3.63, 3.8) is 0 Å². The minimum absolute atomic E-state index is 0.0710. The quantitative estimate of drug-likeness (QED) is 0.944. The normalized spacial score (nSPS) is 9.78. The van der Waals surface area contributed by atoms with Gasteiger partial charge in [-0.1, -0.05) is 17.7 Å². The fourth-order valence-corrected chi connectivity index (χ4v) is 2.08. The lowest BCUT2D eigenvalue weighted by atomic mass is 10.2. The molecule has 0 bridgehead atoms. The number of aryl methyl sites for hydroxylation is 1. The van der Waals surface area contributed by atoms with Crippen molar-refractivity contribution in [1.82, 2.24) is 0 Å². The number of nitrogens with one attached hydrogen (secondary N) is 1. The molecule has 0 aliphatic carbocycles. The van der Waals surface area contributed by atoms with Crippen LogP contribution in [0.15, 0.2) is 48.5 Å². The van der Waals surface area contributed by atoms with Gasteiger partial charge in [-0.3, -0.25) is 9.59 Å². The van der Waals surface area contributed by atoms with E-state index >= 15 is 0 Å². The molecule has 2 aromatic carbocycles. The summed E-state index contributed by atoms with van der Waals surface area (Å²) in [6, 6.07) is 16.0. The van der Waals surface area contributed by atoms with Gasteiger partial charge >= 0.3 is 0 Å². The number of hydrogen-bond acceptors (Lipinski definition) is 3. The Kier molecular flexibility index (Phi) is 5.11. The molecule has 1 N–H and O–H groups in total. The lowest BCUT2D eigenvalue weighted by Gasteiger charge is -2.20. The zero-order valence-corrected chi connectivity index (χ0v) is 13.0. The van der Waals surface area contributed by atoms with Crippen molar-refractivity contribution in [3.8, 4) is 6.07 Å². The first-order chi connectivity index (χ1) is 11.0. The van der Waals surface area contributed by atoms with E-state index in [4.69, 9.17) is 5.26 Å². The molecule has 5 nitrogen and oxygen atoms in total. The number of carbonyl (C=O) groups is 2. The Morgan fingerprint density at radius 1 is 1.09 bits per heavy atom. The van der Waals surface area contributed by atoms with E-state index in [0.29, 0.717) is 16.9 Å². The highest BCUT2D eigenvalue weighted by molar-refractivity contribution is 6.01. The summed E-state index contributed by atoms with van der Waals surface area (Å²) in [4.78, 5) is 25.4. The molecule has 0 fully saturated rings. The molecular weight excluding hydrogens is 290 g/mol. The third-order valence-corrected chi connectivity index (χ3v) is 3.33. The SMILES string of the molecule is CC(=O)N(CC(=O)Nc1ccc(C#N)cc1)c1ccc(C)cc1. The molecular formula is C18H17N3O2. The Morgan fingerprint density at radius 3 is 2.22 bits per heavy atom. The lowest BCUT2D eigenvalue weighted by Crippen LogP contribution is -2.36. The van der Waals surface area contributed by atoms with E-state index in [0.717, 1.165) is 5.56 Å². The largest absolute Gasteiger partial charge is 0.325 e. The Morgan fingerprint density at radius 2 is 1.70 bits per heavy atom. The maximum atomic E-state index is 12.2. The van der Waals surface area contributed by atoms with E-state index in [9.17, 15) is 9.59 Å². The molecule has 2 aromatic rings. The molecule has 0 aromatic heterocycles. The van der Waals surface area contributed by atoms with Crippen LogP contribution in [0.5, 0.6) is 0 Å². The molecule has 0 aliphatic heterocycles. The van der Waals surface area contributed by atoms with Crippen LogP contribution in [0.4, 0.5) is 11.4 Å². The Labute approximate surface area is 135 Å². The first kappa shape index (κ1) is 16.2. The minimum Gasteiger partial charge on any atom is -0.325 e. The van der Waals surface area contributed by atoms with Crippen LogP contribution in [0, 0.1) is 18.3 Å². The fraction of sp³-hybridized carbons (Fsp3) is 0.167. The van der Waals surface area contributed by atoms with Crippen molar-refractivity contribution in [1.29, 1.82) is 5.26 Å². The molecule has 116 valence electrons. The lowest BCUT2D eigenvalue weighted by molar-refractivity contribution is -0.120. The summed E-state index contributed by atoms with van der Waals surface area (Å²) < 4.78 is 0. The monoisotopic (exact) mass is 307 g/mol. The highest BCUT2D eigenvalue weighted by Gasteiger charge is 2.15. The topological polar surface area (TPSA) is 73.2 Å². The highest BCUT2D eigenvalue weighted by atomic mass is 16.2. The maximum Gasteiger partial charge on any atom is 0.244 e. The van der Waals surface area contributed by atoms with Gasteiger partial charge in [0.1, 0.15) is 6.54 Å². The number of anilines is 2. The van der Waals surface area contributed by atoms with E-state index in [-0.39, 0.29) is 18.4 Å². The van der Waals surface area contributed by atoms with Gasteiger partial charge in [0, 0.05) is 18.3 Å². The van der Waals surface area contributed by atoms with Crippen molar-refractivity contribution in [3.05, 3.63) is 59.7 Å². The van der Waals surface area contributed by atoms with Crippen LogP contribution >= 0.6 is 0 Å². The van der Waals surface area contributed by atoms with Crippen molar-refractivity contribution in [2.45, 2.75) is 13.8 Å². The van der Waals surface area contributed by atoms with E-state index < -0.39 is 0 Å². The maximum absolute atomic E-state index is 12.2. The summed E-state index contributed by atoms with van der Waals surface area (Å²) in [5, 5.41) is 11.5. The molecule has 2 amide bonds. The van der Waals surface area contributed by atoms with Gasteiger partial charge in [-0.25, -0.2) is 0 Å². The number of benzene rings is 2. The van der Waals surface area contributed by atoms with E-state index in [1.54, 1.807) is 24.3 Å². The third-order valence-electron chi connectivity index (χ3n) is 3.33. The Balaban J connectivity index is 2.07. The molecule has 0 radical (unpaired) electrons. The fourth-order valence-electron chi connectivity index (χ4n) is 2.08. The van der Waals surface area contributed by atoms with Gasteiger partial charge in [0.25, 0.3) is 0 Å². The molecule has 0 saturated carbocycles. The van der Waals surface area contributed by atoms with Crippen LogP contribution in [0.3, 0.4) is 0 Å². The third kappa shape index (κ3) is 4.42. The zero-order chi connectivity index (χ0) is 16.8. The average molecular weight is 307 g/mol. The van der Waals surface area contributed by atoms with Gasteiger partial charge in [-0.05, 0) is 43.3 Å². The van der Waals surface area contributed by atoms with Gasteiger partial charge < -0.3 is 10.2 Å². The van der Waals surface area contributed by atoms with Crippen LogP contribution in [0.25, 0.3) is 0 Å². The van der Waals surface area contributed by atoms with Gasteiger partial charge in [0.05, 0.1) is 11.6 Å². The van der Waals surface area contributed by atoms with Crippen LogP contribution in [-0.4, -0.2) is 18.4 Å². The average Bonchev–Trinajstić information content (AvgIpc) is 2.54. The van der Waals surface area contributed by atoms with Crippen LogP contribution in [0.1, 0.15) is 18.1 Å². The Hall–Kier alpha value is -3.13. The number of carbonyl (C=O) groups excluding carboxylic acids is 2. The number of hydrogen-bond donors (Lipinski definition) is 1. The second-order valence-electron chi connectivity index (χ2n) is 5.18. The number of nitrogens with zero attached hydrogens (tertiary/aromatic N) is 2. The molecule has 5 heteroatoms. The molecule has 23 heavy (non-hydrogen) atoms. The number of nitriles is 1. The number of rotatable bonds is 4.